The number of hydrogen-bond donors (Lipinski definition) is 0. The zero-order valence-corrected chi connectivity index (χ0v) is 25.2. The van der Waals surface area contributed by atoms with Crippen LogP contribution in [0.1, 0.15) is 0 Å². The molecule has 0 spiro atoms. The number of aromatic nitrogens is 1. The van der Waals surface area contributed by atoms with Crippen LogP contribution in [0.25, 0.3) is 60.2 Å². The van der Waals surface area contributed by atoms with Crippen molar-refractivity contribution < 1.29 is 0 Å². The molecular weight excluding hydrogens is 556 g/mol. The monoisotopic (exact) mass is 586 g/mol. The molecule has 2 heteroatoms. The Morgan fingerprint density at radius 3 is 1.61 bits per heavy atom. The summed E-state index contributed by atoms with van der Waals surface area (Å²) < 4.78 is 2.41. The van der Waals surface area contributed by atoms with E-state index in [-0.39, 0.29) is 0 Å². The molecule has 2 nitrogen and oxygen atoms in total. The molecule has 9 aromatic rings. The Hall–Kier alpha value is -6.12. The fourth-order valence-electron chi connectivity index (χ4n) is 6.97. The lowest BCUT2D eigenvalue weighted by Gasteiger charge is -2.28. The average molecular weight is 587 g/mol. The summed E-state index contributed by atoms with van der Waals surface area (Å²) in [5, 5.41) is 7.37. The van der Waals surface area contributed by atoms with E-state index in [2.05, 4.69) is 191 Å². The largest absolute Gasteiger partial charge is 0.310 e. The number of hydrogen-bond acceptors (Lipinski definition) is 1. The number of nitrogens with zero attached hydrogens (tertiary/aromatic N) is 2. The molecule has 0 unspecified atom stereocenters. The topological polar surface area (TPSA) is 8.17 Å². The molecule has 0 amide bonds. The lowest BCUT2D eigenvalue weighted by molar-refractivity contribution is 1.18. The molecule has 0 N–H and O–H groups in total. The molecule has 0 aliphatic heterocycles. The zero-order chi connectivity index (χ0) is 30.5. The van der Waals surface area contributed by atoms with E-state index in [4.69, 9.17) is 0 Å². The van der Waals surface area contributed by atoms with Crippen LogP contribution in [-0.2, 0) is 0 Å². The van der Waals surface area contributed by atoms with Gasteiger partial charge in [-0.05, 0) is 75.8 Å². The minimum atomic E-state index is 1.11. The molecule has 1 aromatic heterocycles. The van der Waals surface area contributed by atoms with Crippen LogP contribution < -0.4 is 4.90 Å². The van der Waals surface area contributed by atoms with Crippen molar-refractivity contribution in [3.8, 4) is 16.8 Å². The summed E-state index contributed by atoms with van der Waals surface area (Å²) in [5.74, 6) is 0. The molecule has 9 rings (SSSR count). The first-order valence-electron chi connectivity index (χ1n) is 15.8. The van der Waals surface area contributed by atoms with Crippen molar-refractivity contribution in [3.05, 3.63) is 182 Å². The smallest absolute Gasteiger partial charge is 0.0560 e. The van der Waals surface area contributed by atoms with E-state index in [0.29, 0.717) is 0 Å². The van der Waals surface area contributed by atoms with Gasteiger partial charge in [0.2, 0.25) is 0 Å². The van der Waals surface area contributed by atoms with Gasteiger partial charge in [0.05, 0.1) is 16.7 Å². The van der Waals surface area contributed by atoms with Crippen LogP contribution in [0, 0.1) is 0 Å². The second-order valence-electron chi connectivity index (χ2n) is 11.8. The molecule has 0 fully saturated rings. The van der Waals surface area contributed by atoms with Gasteiger partial charge in [0.15, 0.2) is 0 Å². The quantitative estimate of drug-likeness (QED) is 0.195. The van der Waals surface area contributed by atoms with Crippen LogP contribution in [0.3, 0.4) is 0 Å². The Labute approximate surface area is 268 Å². The minimum Gasteiger partial charge on any atom is -0.310 e. The van der Waals surface area contributed by atoms with Gasteiger partial charge in [-0.3, -0.25) is 0 Å². The summed E-state index contributed by atoms with van der Waals surface area (Å²) >= 11 is 0. The Morgan fingerprint density at radius 1 is 0.348 bits per heavy atom. The maximum Gasteiger partial charge on any atom is 0.0560 e. The Balaban J connectivity index is 1.32. The number of benzene rings is 8. The van der Waals surface area contributed by atoms with E-state index in [1.165, 1.54) is 54.5 Å². The van der Waals surface area contributed by atoms with Crippen LogP contribution in [0.4, 0.5) is 17.1 Å². The summed E-state index contributed by atoms with van der Waals surface area (Å²) in [5.41, 5.74) is 9.33. The van der Waals surface area contributed by atoms with Crippen LogP contribution in [-0.4, -0.2) is 4.57 Å². The second-order valence-corrected chi connectivity index (χ2v) is 11.8. The van der Waals surface area contributed by atoms with Gasteiger partial charge in [0.1, 0.15) is 0 Å². The van der Waals surface area contributed by atoms with Gasteiger partial charge in [-0.15, -0.1) is 0 Å². The van der Waals surface area contributed by atoms with Gasteiger partial charge in [0.25, 0.3) is 0 Å². The number of rotatable bonds is 5. The molecule has 0 saturated heterocycles. The summed E-state index contributed by atoms with van der Waals surface area (Å²) in [6.07, 6.45) is 0. The van der Waals surface area contributed by atoms with E-state index in [1.807, 2.05) is 0 Å². The van der Waals surface area contributed by atoms with Gasteiger partial charge in [-0.1, -0.05) is 133 Å². The van der Waals surface area contributed by atoms with E-state index >= 15 is 0 Å². The van der Waals surface area contributed by atoms with Gasteiger partial charge in [-0.25, -0.2) is 0 Å². The number of para-hydroxylation sites is 2. The molecule has 46 heavy (non-hydrogen) atoms. The zero-order valence-electron chi connectivity index (χ0n) is 25.2. The van der Waals surface area contributed by atoms with Crippen molar-refractivity contribution in [1.82, 2.24) is 4.57 Å². The fourth-order valence-corrected chi connectivity index (χ4v) is 6.97. The van der Waals surface area contributed by atoms with Gasteiger partial charge in [0, 0.05) is 33.2 Å². The van der Waals surface area contributed by atoms with Gasteiger partial charge in [-0.2, -0.15) is 0 Å². The lowest BCUT2D eigenvalue weighted by atomic mass is 10.0. The molecule has 0 aliphatic carbocycles. The second kappa shape index (κ2) is 10.8. The predicted octanol–water partition coefficient (Wildman–Crippen LogP) is 12.2. The third-order valence-electron chi connectivity index (χ3n) is 9.13. The van der Waals surface area contributed by atoms with Crippen LogP contribution >= 0.6 is 0 Å². The van der Waals surface area contributed by atoms with E-state index in [1.54, 1.807) is 0 Å². The Bertz CT molecular complexity index is 2470. The van der Waals surface area contributed by atoms with Crippen LogP contribution in [0.15, 0.2) is 182 Å². The molecule has 0 atom stereocenters. The highest BCUT2D eigenvalue weighted by Gasteiger charge is 2.19. The highest BCUT2D eigenvalue weighted by Crippen LogP contribution is 2.43. The molecule has 216 valence electrons. The summed E-state index contributed by atoms with van der Waals surface area (Å²) in [7, 11) is 0. The average Bonchev–Trinajstić information content (AvgIpc) is 3.47. The number of anilines is 3. The van der Waals surface area contributed by atoms with Crippen molar-refractivity contribution in [2.75, 3.05) is 4.90 Å². The molecular formula is C44H30N2. The highest BCUT2D eigenvalue weighted by molar-refractivity contribution is 6.10. The predicted molar refractivity (Wildman–Crippen MR) is 196 cm³/mol. The Kier molecular flexibility index (Phi) is 6.17. The summed E-state index contributed by atoms with van der Waals surface area (Å²) in [4.78, 5) is 2.42. The summed E-state index contributed by atoms with van der Waals surface area (Å²) in [6, 6.07) is 65.8. The number of fused-ring (bicyclic) bond motifs is 5. The molecule has 1 heterocycles. The molecule has 8 aromatic carbocycles. The SMILES string of the molecule is c1ccc(-c2ccc(N(c3ccc4ccccc4c3)c3cc(-n4c5ccccc5c5ccccc54)cc4ccccc34)cc2)cc1. The van der Waals surface area contributed by atoms with Gasteiger partial charge < -0.3 is 9.47 Å². The Morgan fingerprint density at radius 2 is 0.891 bits per heavy atom. The van der Waals surface area contributed by atoms with Crippen LogP contribution in [0.2, 0.25) is 0 Å². The normalized spacial score (nSPS) is 11.5. The minimum absolute atomic E-state index is 1.11. The van der Waals surface area contributed by atoms with Gasteiger partial charge >= 0.3 is 0 Å². The first-order valence-corrected chi connectivity index (χ1v) is 15.8. The van der Waals surface area contributed by atoms with Crippen molar-refractivity contribution in [2.24, 2.45) is 0 Å². The van der Waals surface area contributed by atoms with E-state index < -0.39 is 0 Å². The third kappa shape index (κ3) is 4.35. The van der Waals surface area contributed by atoms with Crippen LogP contribution in [0.5, 0.6) is 0 Å². The lowest BCUT2D eigenvalue weighted by Crippen LogP contribution is -2.11. The molecule has 0 bridgehead atoms. The standard InChI is InChI=1S/C44H30N2/c1-2-12-31(13-3-1)33-22-25-36(26-23-33)45(37-27-24-32-14-4-5-15-34(32)28-37)44-30-38(29-35-16-6-7-17-39(35)44)46-42-20-10-8-18-40(42)41-19-9-11-21-43(41)46/h1-30H. The third-order valence-corrected chi connectivity index (χ3v) is 9.13. The van der Waals surface area contributed by atoms with E-state index in [0.717, 1.165) is 22.7 Å². The van der Waals surface area contributed by atoms with E-state index in [9.17, 15) is 0 Å². The molecule has 0 radical (unpaired) electrons. The molecule has 0 aliphatic rings. The first kappa shape index (κ1) is 26.3. The fraction of sp³-hybridized carbons (Fsp3) is 0. The van der Waals surface area contributed by atoms with Crippen molar-refractivity contribution >= 4 is 60.4 Å². The molecule has 0 saturated carbocycles. The summed E-state index contributed by atoms with van der Waals surface area (Å²) in [6.45, 7) is 0. The highest BCUT2D eigenvalue weighted by atomic mass is 15.1. The first-order chi connectivity index (χ1) is 22.8. The van der Waals surface area contributed by atoms with Crippen molar-refractivity contribution in [3.63, 3.8) is 0 Å². The van der Waals surface area contributed by atoms with Crippen molar-refractivity contribution in [2.45, 2.75) is 0 Å². The van der Waals surface area contributed by atoms with Crippen molar-refractivity contribution in [1.29, 1.82) is 0 Å². The maximum atomic E-state index is 2.42. The maximum absolute atomic E-state index is 2.42.